The molecule has 0 saturated carbocycles. The first-order valence-electron chi connectivity index (χ1n) is 8.77. The molecule has 0 fully saturated rings. The van der Waals surface area contributed by atoms with Crippen LogP contribution in [0.4, 0.5) is 8.78 Å². The first kappa shape index (κ1) is 19.6. The standard InChI is InChI=1S/C19H28F2O2/c1-2-3-4-5-6-7-8-9-10-11-14-23-19(22)16-12-13-17(20)18(21)15-16/h12-13,15H,2-11,14H2,1H3. The summed E-state index contributed by atoms with van der Waals surface area (Å²) in [7, 11) is 0. The summed E-state index contributed by atoms with van der Waals surface area (Å²) in [5.41, 5.74) is 0.0518. The van der Waals surface area contributed by atoms with E-state index < -0.39 is 17.6 Å². The average Bonchev–Trinajstić information content (AvgIpc) is 2.55. The van der Waals surface area contributed by atoms with E-state index in [-0.39, 0.29) is 5.56 Å². The number of carbonyl (C=O) groups is 1. The number of unbranched alkanes of at least 4 members (excludes halogenated alkanes) is 9. The van der Waals surface area contributed by atoms with Crippen molar-refractivity contribution in [3.05, 3.63) is 35.4 Å². The van der Waals surface area contributed by atoms with E-state index in [9.17, 15) is 13.6 Å². The van der Waals surface area contributed by atoms with Crippen molar-refractivity contribution in [1.29, 1.82) is 0 Å². The third-order valence-corrected chi connectivity index (χ3v) is 3.89. The van der Waals surface area contributed by atoms with Gasteiger partial charge in [0.2, 0.25) is 0 Å². The number of carbonyl (C=O) groups excluding carboxylic acids is 1. The number of esters is 1. The predicted octanol–water partition coefficient (Wildman–Crippen LogP) is 6.04. The van der Waals surface area contributed by atoms with Crippen LogP contribution in [0.2, 0.25) is 0 Å². The normalized spacial score (nSPS) is 10.7. The molecule has 0 radical (unpaired) electrons. The van der Waals surface area contributed by atoms with Gasteiger partial charge in [0, 0.05) is 0 Å². The fourth-order valence-electron chi connectivity index (χ4n) is 2.46. The third kappa shape index (κ3) is 8.68. The molecule has 0 spiro atoms. The lowest BCUT2D eigenvalue weighted by molar-refractivity contribution is 0.0497. The number of hydrogen-bond acceptors (Lipinski definition) is 2. The summed E-state index contributed by atoms with van der Waals surface area (Å²) in [5.74, 6) is -2.59. The van der Waals surface area contributed by atoms with Gasteiger partial charge >= 0.3 is 5.97 Å². The van der Waals surface area contributed by atoms with Gasteiger partial charge < -0.3 is 4.74 Å². The summed E-state index contributed by atoms with van der Waals surface area (Å²) >= 11 is 0. The van der Waals surface area contributed by atoms with Crippen LogP contribution in [0.25, 0.3) is 0 Å². The van der Waals surface area contributed by atoms with Crippen LogP contribution < -0.4 is 0 Å². The molecule has 0 atom stereocenters. The van der Waals surface area contributed by atoms with Gasteiger partial charge in [-0.2, -0.15) is 0 Å². The highest BCUT2D eigenvalue weighted by Crippen LogP contribution is 2.12. The molecule has 0 unspecified atom stereocenters. The van der Waals surface area contributed by atoms with Gasteiger partial charge in [0.15, 0.2) is 11.6 Å². The first-order valence-corrected chi connectivity index (χ1v) is 8.77. The van der Waals surface area contributed by atoms with Crippen molar-refractivity contribution in [2.45, 2.75) is 71.1 Å². The van der Waals surface area contributed by atoms with E-state index in [1.54, 1.807) is 0 Å². The molecule has 1 aromatic rings. The smallest absolute Gasteiger partial charge is 0.338 e. The van der Waals surface area contributed by atoms with E-state index in [0.29, 0.717) is 6.61 Å². The maximum atomic E-state index is 13.0. The van der Waals surface area contributed by atoms with Crippen LogP contribution in [0.3, 0.4) is 0 Å². The molecule has 0 aliphatic heterocycles. The number of ether oxygens (including phenoxy) is 1. The van der Waals surface area contributed by atoms with Crippen molar-refractivity contribution in [1.82, 2.24) is 0 Å². The lowest BCUT2D eigenvalue weighted by Gasteiger charge is -2.05. The SMILES string of the molecule is CCCCCCCCCCCCOC(=O)c1ccc(F)c(F)c1. The Morgan fingerprint density at radius 2 is 1.43 bits per heavy atom. The largest absolute Gasteiger partial charge is 0.462 e. The number of hydrogen-bond donors (Lipinski definition) is 0. The molecule has 0 amide bonds. The zero-order valence-electron chi connectivity index (χ0n) is 14.1. The molecule has 1 rings (SSSR count). The Hall–Kier alpha value is -1.45. The Morgan fingerprint density at radius 1 is 0.870 bits per heavy atom. The lowest BCUT2D eigenvalue weighted by Crippen LogP contribution is -2.07. The highest BCUT2D eigenvalue weighted by Gasteiger charge is 2.10. The Bertz CT molecular complexity index is 461. The van der Waals surface area contributed by atoms with Crippen molar-refractivity contribution in [3.63, 3.8) is 0 Å². The molecule has 1 aromatic carbocycles. The molecule has 0 bridgehead atoms. The zero-order valence-corrected chi connectivity index (χ0v) is 14.1. The van der Waals surface area contributed by atoms with Gasteiger partial charge in [-0.25, -0.2) is 13.6 Å². The van der Waals surface area contributed by atoms with Crippen LogP contribution >= 0.6 is 0 Å². The molecule has 23 heavy (non-hydrogen) atoms. The Kier molecular flexibility index (Phi) is 10.3. The van der Waals surface area contributed by atoms with E-state index >= 15 is 0 Å². The number of rotatable bonds is 12. The maximum Gasteiger partial charge on any atom is 0.338 e. The number of benzene rings is 1. The second-order valence-corrected chi connectivity index (χ2v) is 5.95. The molecule has 2 nitrogen and oxygen atoms in total. The van der Waals surface area contributed by atoms with Crippen LogP contribution in [0, 0.1) is 11.6 Å². The summed E-state index contributed by atoms with van der Waals surface area (Å²) in [4.78, 5) is 11.7. The molecular formula is C19H28F2O2. The van der Waals surface area contributed by atoms with Crippen LogP contribution in [0.5, 0.6) is 0 Å². The Labute approximate surface area is 138 Å². The van der Waals surface area contributed by atoms with Gasteiger partial charge in [-0.1, -0.05) is 64.7 Å². The van der Waals surface area contributed by atoms with Gasteiger partial charge in [0.1, 0.15) is 0 Å². The van der Waals surface area contributed by atoms with Crippen molar-refractivity contribution >= 4 is 5.97 Å². The highest BCUT2D eigenvalue weighted by atomic mass is 19.2. The van der Waals surface area contributed by atoms with Crippen LogP contribution in [0.15, 0.2) is 18.2 Å². The molecule has 0 aliphatic rings. The van der Waals surface area contributed by atoms with Gasteiger partial charge in [-0.3, -0.25) is 0 Å². The van der Waals surface area contributed by atoms with Crippen LogP contribution in [-0.2, 0) is 4.74 Å². The molecule has 0 aromatic heterocycles. The summed E-state index contributed by atoms with van der Waals surface area (Å²) in [6, 6.07) is 3.04. The van der Waals surface area contributed by atoms with E-state index in [2.05, 4.69) is 6.92 Å². The Morgan fingerprint density at radius 3 is 2.00 bits per heavy atom. The van der Waals surface area contributed by atoms with Crippen molar-refractivity contribution in [3.8, 4) is 0 Å². The van der Waals surface area contributed by atoms with Crippen LogP contribution in [0.1, 0.15) is 81.5 Å². The molecule has 0 heterocycles. The molecular weight excluding hydrogens is 298 g/mol. The fourth-order valence-corrected chi connectivity index (χ4v) is 2.46. The quantitative estimate of drug-likeness (QED) is 0.345. The summed E-state index contributed by atoms with van der Waals surface area (Å²) in [6.07, 6.45) is 12.1. The van der Waals surface area contributed by atoms with Crippen molar-refractivity contribution < 1.29 is 18.3 Å². The number of halogens is 2. The second kappa shape index (κ2) is 12.0. The van der Waals surface area contributed by atoms with Crippen molar-refractivity contribution in [2.24, 2.45) is 0 Å². The van der Waals surface area contributed by atoms with E-state index in [4.69, 9.17) is 4.74 Å². The van der Waals surface area contributed by atoms with Crippen LogP contribution in [-0.4, -0.2) is 12.6 Å². The molecule has 0 aliphatic carbocycles. The van der Waals surface area contributed by atoms with Gasteiger partial charge in [-0.15, -0.1) is 0 Å². The first-order chi connectivity index (χ1) is 11.1. The second-order valence-electron chi connectivity index (χ2n) is 5.95. The maximum absolute atomic E-state index is 13.0. The fraction of sp³-hybridized carbons (Fsp3) is 0.632. The zero-order chi connectivity index (χ0) is 16.9. The molecule has 130 valence electrons. The summed E-state index contributed by atoms with van der Waals surface area (Å²) in [6.45, 7) is 2.55. The average molecular weight is 326 g/mol. The molecule has 0 N–H and O–H groups in total. The molecule has 4 heteroatoms. The lowest BCUT2D eigenvalue weighted by atomic mass is 10.1. The minimum Gasteiger partial charge on any atom is -0.462 e. The van der Waals surface area contributed by atoms with E-state index in [1.807, 2.05) is 0 Å². The van der Waals surface area contributed by atoms with Gasteiger partial charge in [0.25, 0.3) is 0 Å². The minimum atomic E-state index is -1.03. The highest BCUT2D eigenvalue weighted by molar-refractivity contribution is 5.89. The van der Waals surface area contributed by atoms with E-state index in [1.165, 1.54) is 51.0 Å². The topological polar surface area (TPSA) is 26.3 Å². The third-order valence-electron chi connectivity index (χ3n) is 3.89. The summed E-state index contributed by atoms with van der Waals surface area (Å²) in [5, 5.41) is 0. The minimum absolute atomic E-state index is 0.0518. The van der Waals surface area contributed by atoms with Crippen molar-refractivity contribution in [2.75, 3.05) is 6.61 Å². The molecule has 0 saturated heterocycles. The van der Waals surface area contributed by atoms with Gasteiger partial charge in [-0.05, 0) is 24.6 Å². The predicted molar refractivity (Wildman–Crippen MR) is 88.5 cm³/mol. The van der Waals surface area contributed by atoms with E-state index in [0.717, 1.165) is 31.4 Å². The van der Waals surface area contributed by atoms with Gasteiger partial charge in [0.05, 0.1) is 12.2 Å². The Balaban J connectivity index is 2.00. The monoisotopic (exact) mass is 326 g/mol. The summed E-state index contributed by atoms with van der Waals surface area (Å²) < 4.78 is 30.9.